The molecule has 1 aromatic heterocycles. The van der Waals surface area contributed by atoms with Gasteiger partial charge in [-0.15, -0.1) is 0 Å². The average molecular weight is 473 g/mol. The maximum atomic E-state index is 14.1. The van der Waals surface area contributed by atoms with Gasteiger partial charge in [0.1, 0.15) is 10.0 Å². The molecule has 2 amide bonds. The number of ether oxygens (including phenoxy) is 1. The van der Waals surface area contributed by atoms with Crippen LogP contribution in [-0.4, -0.2) is 49.3 Å². The minimum Gasteiger partial charge on any atom is -0.383 e. The summed E-state index contributed by atoms with van der Waals surface area (Å²) >= 11 is 1.36. The van der Waals surface area contributed by atoms with E-state index in [9.17, 15) is 13.6 Å². The van der Waals surface area contributed by atoms with Crippen LogP contribution in [0.25, 0.3) is 10.6 Å². The third kappa shape index (κ3) is 5.05. The molecule has 3 aromatic rings. The maximum Gasteiger partial charge on any atom is 0.317 e. The lowest BCUT2D eigenvalue weighted by atomic mass is 9.82. The van der Waals surface area contributed by atoms with Crippen LogP contribution in [0, 0.1) is 18.6 Å². The number of likely N-dealkylation sites (tertiary alicyclic amines) is 1. The summed E-state index contributed by atoms with van der Waals surface area (Å²) in [5.74, 6) is -1.67. The molecule has 0 radical (unpaired) electrons. The van der Waals surface area contributed by atoms with Gasteiger partial charge in [0, 0.05) is 44.1 Å². The average Bonchev–Trinajstić information content (AvgIpc) is 3.37. The fourth-order valence-corrected chi connectivity index (χ4v) is 5.46. The predicted octanol–water partition coefficient (Wildman–Crippen LogP) is 4.72. The van der Waals surface area contributed by atoms with Crippen molar-refractivity contribution in [2.45, 2.75) is 18.8 Å². The number of carbonyl (C=O) groups is 1. The summed E-state index contributed by atoms with van der Waals surface area (Å²) in [5.41, 5.74) is 8.77. The normalized spacial score (nSPS) is 18.5. The summed E-state index contributed by atoms with van der Waals surface area (Å²) in [6.45, 7) is 4.62. The summed E-state index contributed by atoms with van der Waals surface area (Å²) in [5, 5.41) is 4.00. The summed E-state index contributed by atoms with van der Waals surface area (Å²) in [6.07, 6.45) is 0. The maximum absolute atomic E-state index is 14.1. The molecule has 1 aliphatic heterocycles. The molecule has 2 atom stereocenters. The molecule has 1 saturated heterocycles. The SMILES string of the molecule is COCCN1C[C@H](c2ccccc2-c2nc(C)c(NC(N)=O)s2)[C@H](c2ccc(F)c(F)c2)C1. The van der Waals surface area contributed by atoms with Gasteiger partial charge in [-0.25, -0.2) is 18.6 Å². The molecule has 0 unspecified atom stereocenters. The first kappa shape index (κ1) is 23.3. The van der Waals surface area contributed by atoms with Crippen LogP contribution in [0.5, 0.6) is 0 Å². The van der Waals surface area contributed by atoms with Gasteiger partial charge in [0.15, 0.2) is 11.6 Å². The van der Waals surface area contributed by atoms with Crippen molar-refractivity contribution in [3.05, 3.63) is 70.9 Å². The van der Waals surface area contributed by atoms with Gasteiger partial charge in [0.05, 0.1) is 12.3 Å². The van der Waals surface area contributed by atoms with Crippen LogP contribution in [0.4, 0.5) is 18.6 Å². The lowest BCUT2D eigenvalue weighted by molar-refractivity contribution is 0.159. The fourth-order valence-electron chi connectivity index (χ4n) is 4.44. The van der Waals surface area contributed by atoms with Gasteiger partial charge in [-0.2, -0.15) is 0 Å². The first-order valence-electron chi connectivity index (χ1n) is 10.7. The summed E-state index contributed by atoms with van der Waals surface area (Å²) < 4.78 is 33.0. The standard InChI is InChI=1S/C24H26F2N4O2S/c1-14-22(29-24(27)31)33-23(28-14)17-6-4-3-5-16(17)19-13-30(9-10-32-2)12-18(19)15-7-8-20(25)21(26)11-15/h3-8,11,18-19H,9-10,12-13H2,1-2H3,(H3,27,29,31)/t18-,19+/m0/s1. The van der Waals surface area contributed by atoms with Crippen molar-refractivity contribution in [1.29, 1.82) is 0 Å². The van der Waals surface area contributed by atoms with Gasteiger partial charge in [-0.3, -0.25) is 10.2 Å². The van der Waals surface area contributed by atoms with E-state index in [1.165, 1.54) is 23.5 Å². The van der Waals surface area contributed by atoms with Crippen LogP contribution in [0.2, 0.25) is 0 Å². The molecular formula is C24H26F2N4O2S. The molecule has 1 aliphatic rings. The van der Waals surface area contributed by atoms with Crippen molar-refractivity contribution in [2.24, 2.45) is 5.73 Å². The lowest BCUT2D eigenvalue weighted by Crippen LogP contribution is -2.25. The molecule has 174 valence electrons. The van der Waals surface area contributed by atoms with E-state index < -0.39 is 17.7 Å². The first-order chi connectivity index (χ1) is 15.9. The number of nitrogens with zero attached hydrogens (tertiary/aromatic N) is 2. The van der Waals surface area contributed by atoms with Crippen molar-refractivity contribution in [3.8, 4) is 10.6 Å². The number of carbonyl (C=O) groups excluding carboxylic acids is 1. The van der Waals surface area contributed by atoms with Gasteiger partial charge < -0.3 is 10.5 Å². The van der Waals surface area contributed by atoms with Crippen LogP contribution in [0.15, 0.2) is 42.5 Å². The Hall–Kier alpha value is -2.88. The number of urea groups is 1. The molecule has 6 nitrogen and oxygen atoms in total. The Bertz CT molecular complexity index is 1150. The molecule has 1 fully saturated rings. The molecule has 4 rings (SSSR count). The summed E-state index contributed by atoms with van der Waals surface area (Å²) in [4.78, 5) is 18.3. The zero-order chi connectivity index (χ0) is 23.5. The zero-order valence-electron chi connectivity index (χ0n) is 18.5. The minimum atomic E-state index is -0.849. The number of anilines is 1. The van der Waals surface area contributed by atoms with Gasteiger partial charge in [-0.1, -0.05) is 41.7 Å². The topological polar surface area (TPSA) is 80.5 Å². The van der Waals surface area contributed by atoms with E-state index in [0.29, 0.717) is 23.8 Å². The van der Waals surface area contributed by atoms with E-state index in [4.69, 9.17) is 10.5 Å². The van der Waals surface area contributed by atoms with Crippen molar-refractivity contribution in [1.82, 2.24) is 9.88 Å². The second-order valence-corrected chi connectivity index (χ2v) is 9.15. The van der Waals surface area contributed by atoms with Crippen LogP contribution >= 0.6 is 11.3 Å². The number of primary amides is 1. The number of aromatic nitrogens is 1. The Morgan fingerprint density at radius 3 is 2.70 bits per heavy atom. The number of hydrogen-bond acceptors (Lipinski definition) is 5. The lowest BCUT2D eigenvalue weighted by Gasteiger charge is -2.21. The van der Waals surface area contributed by atoms with Gasteiger partial charge >= 0.3 is 6.03 Å². The van der Waals surface area contributed by atoms with Crippen molar-refractivity contribution in [2.75, 3.05) is 38.7 Å². The number of methoxy groups -OCH3 is 1. The van der Waals surface area contributed by atoms with E-state index >= 15 is 0 Å². The number of benzene rings is 2. The number of hydrogen-bond donors (Lipinski definition) is 2. The largest absolute Gasteiger partial charge is 0.383 e. The van der Waals surface area contributed by atoms with Crippen molar-refractivity contribution in [3.63, 3.8) is 0 Å². The molecule has 33 heavy (non-hydrogen) atoms. The van der Waals surface area contributed by atoms with E-state index in [1.54, 1.807) is 13.2 Å². The number of aryl methyl sites for hydroxylation is 1. The molecule has 0 aliphatic carbocycles. The Kier molecular flexibility index (Phi) is 7.02. The van der Waals surface area contributed by atoms with Crippen molar-refractivity contribution >= 4 is 22.4 Å². The van der Waals surface area contributed by atoms with Crippen LogP contribution in [-0.2, 0) is 4.74 Å². The van der Waals surface area contributed by atoms with E-state index in [1.807, 2.05) is 25.1 Å². The van der Waals surface area contributed by atoms with Gasteiger partial charge in [-0.05, 0) is 30.2 Å². The van der Waals surface area contributed by atoms with Crippen LogP contribution < -0.4 is 11.1 Å². The number of nitrogens with two attached hydrogens (primary N) is 1. The molecule has 2 heterocycles. The molecule has 0 bridgehead atoms. The summed E-state index contributed by atoms with van der Waals surface area (Å²) in [7, 11) is 1.66. The second-order valence-electron chi connectivity index (χ2n) is 8.15. The number of rotatable bonds is 7. The van der Waals surface area contributed by atoms with Gasteiger partial charge in [0.25, 0.3) is 0 Å². The molecule has 0 saturated carbocycles. The van der Waals surface area contributed by atoms with Crippen molar-refractivity contribution < 1.29 is 18.3 Å². The zero-order valence-corrected chi connectivity index (χ0v) is 19.3. The van der Waals surface area contributed by atoms with E-state index in [-0.39, 0.29) is 11.8 Å². The first-order valence-corrected chi connectivity index (χ1v) is 11.5. The number of nitrogens with one attached hydrogen (secondary N) is 1. The number of amides is 2. The van der Waals surface area contributed by atoms with Crippen LogP contribution in [0.1, 0.15) is 28.7 Å². The third-order valence-electron chi connectivity index (χ3n) is 6.00. The molecule has 2 aromatic carbocycles. The second kappa shape index (κ2) is 9.94. The predicted molar refractivity (Wildman–Crippen MR) is 126 cm³/mol. The monoisotopic (exact) mass is 472 g/mol. The highest BCUT2D eigenvalue weighted by atomic mass is 32.1. The highest BCUT2D eigenvalue weighted by Crippen LogP contribution is 2.44. The Morgan fingerprint density at radius 2 is 1.97 bits per heavy atom. The van der Waals surface area contributed by atoms with Gasteiger partial charge in [0.2, 0.25) is 0 Å². The Balaban J connectivity index is 1.74. The molecule has 3 N–H and O–H groups in total. The van der Waals surface area contributed by atoms with Crippen LogP contribution in [0.3, 0.4) is 0 Å². The smallest absolute Gasteiger partial charge is 0.317 e. The molecule has 9 heteroatoms. The summed E-state index contributed by atoms with van der Waals surface area (Å²) in [6, 6.07) is 11.5. The quantitative estimate of drug-likeness (QED) is 0.522. The number of halogens is 2. The Labute approximate surface area is 195 Å². The minimum absolute atomic E-state index is 0.0256. The Morgan fingerprint density at radius 1 is 1.21 bits per heavy atom. The van der Waals surface area contributed by atoms with E-state index in [0.717, 1.165) is 34.8 Å². The fraction of sp³-hybridized carbons (Fsp3) is 0.333. The third-order valence-corrected chi connectivity index (χ3v) is 7.11. The number of thiazole rings is 1. The van der Waals surface area contributed by atoms with E-state index in [2.05, 4.69) is 21.3 Å². The highest BCUT2D eigenvalue weighted by molar-refractivity contribution is 7.19. The molecule has 0 spiro atoms. The highest BCUT2D eigenvalue weighted by Gasteiger charge is 2.36. The molecular weight excluding hydrogens is 446 g/mol.